The van der Waals surface area contributed by atoms with E-state index >= 15 is 0 Å². The molecule has 0 radical (unpaired) electrons. The van der Waals surface area contributed by atoms with Gasteiger partial charge in [-0.05, 0) is 36.8 Å². The van der Waals surface area contributed by atoms with Gasteiger partial charge >= 0.3 is 5.57 Å². The number of pyridine rings is 1. The first kappa shape index (κ1) is 20.9. The molecule has 3 heterocycles. The number of benzene rings is 1. The Morgan fingerprint density at radius 3 is 2.71 bits per heavy atom. The number of nitrogens with one attached hydrogen (secondary N) is 2. The quantitative estimate of drug-likeness (QED) is 0.494. The number of carbonyl (C=O) groups is 1. The van der Waals surface area contributed by atoms with Crippen molar-refractivity contribution in [2.75, 3.05) is 23.3 Å². The van der Waals surface area contributed by atoms with Crippen LogP contribution in [0.3, 0.4) is 0 Å². The fraction of sp³-hybridized carbons (Fsp3) is 0.263. The average Bonchev–Trinajstić information content (AvgIpc) is 3.40. The second-order valence-corrected chi connectivity index (χ2v) is 7.31. The molecule has 1 saturated heterocycles. The van der Waals surface area contributed by atoms with Gasteiger partial charge in [0.15, 0.2) is 0 Å². The summed E-state index contributed by atoms with van der Waals surface area (Å²) in [5, 5.41) is 22.9. The maximum Gasteiger partial charge on any atom is 0.487 e. The molecule has 3 N–H and O–H groups in total. The van der Waals surface area contributed by atoms with E-state index in [1.807, 2.05) is 4.90 Å². The number of alkyl halides is 3. The maximum atomic E-state index is 12.7. The van der Waals surface area contributed by atoms with Gasteiger partial charge in [-0.15, -0.1) is 8.78 Å². The zero-order valence-corrected chi connectivity index (χ0v) is 16.7. The fourth-order valence-electron chi connectivity index (χ4n) is 3.23. The number of β-amino-alcohol motifs (C(OH)–C–C–N with tert-alkyl or cyclic N) is 1. The molecule has 0 aliphatic carbocycles. The van der Waals surface area contributed by atoms with E-state index in [4.69, 9.17) is 11.6 Å². The number of nitrogens with zero attached hydrogens (tertiary/aromatic N) is 4. The summed E-state index contributed by atoms with van der Waals surface area (Å²) in [6.45, 7) is 1.06. The smallest absolute Gasteiger partial charge is 0.420 e. The van der Waals surface area contributed by atoms with Crippen molar-refractivity contribution < 1.29 is 23.4 Å². The van der Waals surface area contributed by atoms with Gasteiger partial charge in [-0.2, -0.15) is 15.4 Å². The number of hydrogen-bond donors (Lipinski definition) is 3. The van der Waals surface area contributed by atoms with E-state index in [-0.39, 0.29) is 11.3 Å². The van der Waals surface area contributed by atoms with Crippen LogP contribution in [0.25, 0.3) is 11.3 Å². The van der Waals surface area contributed by atoms with E-state index in [2.05, 4.69) is 30.4 Å². The van der Waals surface area contributed by atoms with Gasteiger partial charge in [-0.3, -0.25) is 4.79 Å². The summed E-state index contributed by atoms with van der Waals surface area (Å²) >= 11 is 4.74. The van der Waals surface area contributed by atoms with Crippen LogP contribution in [0.5, 0.6) is 5.75 Å². The Hall–Kier alpha value is -3.31. The Bertz CT molecular complexity index is 1060. The number of carbonyl (C=O) groups excluding carboxylic acids is 1. The van der Waals surface area contributed by atoms with Crippen molar-refractivity contribution in [3.8, 4) is 17.0 Å². The molecule has 9 nitrogen and oxygen atoms in total. The number of rotatable bonds is 6. The molecule has 1 atom stereocenters. The van der Waals surface area contributed by atoms with Gasteiger partial charge in [0.25, 0.3) is 5.91 Å². The van der Waals surface area contributed by atoms with Crippen molar-refractivity contribution in [1.29, 1.82) is 0 Å². The Labute approximate surface area is 180 Å². The molecule has 162 valence electrons. The Kier molecular flexibility index (Phi) is 5.70. The van der Waals surface area contributed by atoms with E-state index < -0.39 is 17.6 Å². The Morgan fingerprint density at radius 2 is 2.10 bits per heavy atom. The molecular formula is C19H17ClF2N6O3. The number of hydrogen-bond acceptors (Lipinski definition) is 7. The number of halogens is 3. The highest BCUT2D eigenvalue weighted by atomic mass is 35.5. The lowest BCUT2D eigenvalue weighted by atomic mass is 10.1. The number of amides is 1. The molecule has 3 aromatic rings. The SMILES string of the molecule is O=C(Nc1ccc(OC(F)(F)Cl)cc1)c1cnc(N2CCC(O)C2)c(-c2cn[nH]n2)c1. The molecule has 0 spiro atoms. The summed E-state index contributed by atoms with van der Waals surface area (Å²) in [4.78, 5) is 19.1. The van der Waals surface area contributed by atoms with Crippen molar-refractivity contribution in [2.24, 2.45) is 0 Å². The first-order chi connectivity index (χ1) is 14.8. The van der Waals surface area contributed by atoms with Gasteiger partial charge in [0.2, 0.25) is 0 Å². The van der Waals surface area contributed by atoms with Crippen molar-refractivity contribution in [2.45, 2.75) is 18.1 Å². The van der Waals surface area contributed by atoms with E-state index in [1.54, 1.807) is 6.07 Å². The molecule has 2 aromatic heterocycles. The summed E-state index contributed by atoms with van der Waals surface area (Å²) < 4.78 is 29.6. The minimum atomic E-state index is -3.82. The molecule has 12 heteroatoms. The van der Waals surface area contributed by atoms with Crippen LogP contribution in [0.1, 0.15) is 16.8 Å². The minimum Gasteiger partial charge on any atom is -0.420 e. The average molecular weight is 451 g/mol. The minimum absolute atomic E-state index is 0.148. The highest BCUT2D eigenvalue weighted by Gasteiger charge is 2.28. The van der Waals surface area contributed by atoms with Crippen LogP contribution in [0.15, 0.2) is 42.7 Å². The summed E-state index contributed by atoms with van der Waals surface area (Å²) in [5.41, 5.74) is -2.11. The zero-order valence-electron chi connectivity index (χ0n) is 15.9. The molecular weight excluding hydrogens is 434 g/mol. The molecule has 31 heavy (non-hydrogen) atoms. The molecule has 4 rings (SSSR count). The molecule has 0 saturated carbocycles. The van der Waals surface area contributed by atoms with Crippen LogP contribution in [-0.2, 0) is 0 Å². The number of ether oxygens (including phenoxy) is 1. The summed E-state index contributed by atoms with van der Waals surface area (Å²) in [6, 6.07) is 6.95. The number of aliphatic hydroxyl groups is 1. The number of aromatic amines is 1. The van der Waals surface area contributed by atoms with Crippen molar-refractivity contribution in [3.05, 3.63) is 48.3 Å². The third-order valence-corrected chi connectivity index (χ3v) is 4.71. The maximum absolute atomic E-state index is 12.7. The van der Waals surface area contributed by atoms with Gasteiger partial charge in [0.1, 0.15) is 17.3 Å². The van der Waals surface area contributed by atoms with Crippen LogP contribution in [0.4, 0.5) is 20.3 Å². The molecule has 1 unspecified atom stereocenters. The predicted octanol–water partition coefficient (Wildman–Crippen LogP) is 2.86. The van der Waals surface area contributed by atoms with Crippen LogP contribution in [0.2, 0.25) is 0 Å². The van der Waals surface area contributed by atoms with Gasteiger partial charge in [-0.25, -0.2) is 4.98 Å². The summed E-state index contributed by atoms with van der Waals surface area (Å²) in [6.07, 6.45) is 3.11. The zero-order chi connectivity index (χ0) is 22.0. The first-order valence-corrected chi connectivity index (χ1v) is 9.62. The van der Waals surface area contributed by atoms with Gasteiger partial charge in [0, 0.05) is 42.1 Å². The third-order valence-electron chi connectivity index (χ3n) is 4.63. The van der Waals surface area contributed by atoms with Crippen molar-refractivity contribution in [1.82, 2.24) is 20.4 Å². The number of anilines is 2. The summed E-state index contributed by atoms with van der Waals surface area (Å²) in [7, 11) is 0. The third kappa shape index (κ3) is 5.06. The lowest BCUT2D eigenvalue weighted by molar-refractivity contribution is -0.0964. The Morgan fingerprint density at radius 1 is 1.32 bits per heavy atom. The van der Waals surface area contributed by atoms with Crippen LogP contribution < -0.4 is 15.0 Å². The normalized spacial score (nSPS) is 16.4. The predicted molar refractivity (Wildman–Crippen MR) is 108 cm³/mol. The molecule has 1 aromatic carbocycles. The standard InChI is InChI=1S/C19H17ClF2N6O3/c20-19(21,22)31-14-3-1-12(2-4-14)25-18(30)11-7-15(16-9-24-27-26-16)17(23-8-11)28-6-5-13(29)10-28/h1-4,7-9,13,29H,5-6,10H2,(H,25,30)(H,24,26,27). The highest BCUT2D eigenvalue weighted by molar-refractivity contribution is 6.20. The number of aromatic nitrogens is 4. The van der Waals surface area contributed by atoms with Gasteiger partial charge < -0.3 is 20.1 Å². The van der Waals surface area contributed by atoms with E-state index in [9.17, 15) is 18.7 Å². The lowest BCUT2D eigenvalue weighted by Crippen LogP contribution is -2.23. The van der Waals surface area contributed by atoms with E-state index in [0.717, 1.165) is 0 Å². The molecule has 1 fully saturated rings. The second kappa shape index (κ2) is 8.44. The molecule has 1 aliphatic heterocycles. The largest absolute Gasteiger partial charge is 0.487 e. The molecule has 0 bridgehead atoms. The number of aliphatic hydroxyl groups excluding tert-OH is 1. The van der Waals surface area contributed by atoms with Crippen LogP contribution in [0, 0.1) is 0 Å². The second-order valence-electron chi connectivity index (χ2n) is 6.87. The van der Waals surface area contributed by atoms with Crippen molar-refractivity contribution >= 4 is 29.0 Å². The first-order valence-electron chi connectivity index (χ1n) is 9.25. The Balaban J connectivity index is 1.55. The fourth-order valence-corrected chi connectivity index (χ4v) is 3.32. The van der Waals surface area contributed by atoms with E-state index in [0.29, 0.717) is 42.3 Å². The van der Waals surface area contributed by atoms with Crippen LogP contribution in [-0.4, -0.2) is 56.2 Å². The molecule has 1 amide bonds. The van der Waals surface area contributed by atoms with Gasteiger partial charge in [0.05, 0.1) is 17.9 Å². The monoisotopic (exact) mass is 450 g/mol. The van der Waals surface area contributed by atoms with Gasteiger partial charge in [-0.1, -0.05) is 0 Å². The highest BCUT2D eigenvalue weighted by Crippen LogP contribution is 2.31. The lowest BCUT2D eigenvalue weighted by Gasteiger charge is -2.20. The molecule has 1 aliphatic rings. The van der Waals surface area contributed by atoms with Crippen molar-refractivity contribution in [3.63, 3.8) is 0 Å². The summed E-state index contributed by atoms with van der Waals surface area (Å²) in [5.74, 6) is -0.0164. The topological polar surface area (TPSA) is 116 Å². The van der Waals surface area contributed by atoms with E-state index in [1.165, 1.54) is 36.7 Å². The van der Waals surface area contributed by atoms with Crippen LogP contribution >= 0.6 is 11.6 Å². The number of H-pyrrole nitrogens is 1.